The van der Waals surface area contributed by atoms with Gasteiger partial charge in [-0.15, -0.1) is 0 Å². The van der Waals surface area contributed by atoms with E-state index in [1.807, 2.05) is 0 Å². The Morgan fingerprint density at radius 2 is 1.62 bits per heavy atom. The Bertz CT molecular complexity index is 228. The van der Waals surface area contributed by atoms with Crippen molar-refractivity contribution in [3.63, 3.8) is 0 Å². The maximum Gasteiger partial charge on any atom is 0.319 e. The molecule has 0 rings (SSSR count). The number of carbonyl (C=O) groups excluding carboxylic acids is 1. The Morgan fingerprint density at radius 3 is 1.94 bits per heavy atom. The van der Waals surface area contributed by atoms with Crippen LogP contribution in [0, 0.1) is 0 Å². The molecule has 0 amide bonds. The predicted molar refractivity (Wildman–Crippen MR) is 72.0 cm³/mol. The van der Waals surface area contributed by atoms with Crippen molar-refractivity contribution in [2.75, 3.05) is 0 Å². The molecule has 0 aromatic carbocycles. The van der Waals surface area contributed by atoms with Crippen molar-refractivity contribution in [1.29, 1.82) is 0 Å². The number of carbonyl (C=O) groups is 1. The normalized spacial score (nSPS) is 11.2. The number of unbranched alkanes of at least 4 members (excludes halogenated alkanes) is 2. The van der Waals surface area contributed by atoms with Gasteiger partial charge in [-0.25, -0.2) is 4.79 Å². The van der Waals surface area contributed by atoms with Crippen LogP contribution in [0.15, 0.2) is 12.2 Å². The molecule has 0 fully saturated rings. The highest BCUT2D eigenvalue weighted by molar-refractivity contribution is 6.74. The van der Waals surface area contributed by atoms with E-state index >= 15 is 0 Å². The van der Waals surface area contributed by atoms with Gasteiger partial charge >= 0.3 is 5.97 Å². The topological polar surface area (TPSA) is 26.3 Å². The Morgan fingerprint density at radius 1 is 1.19 bits per heavy atom. The van der Waals surface area contributed by atoms with Gasteiger partial charge in [-0.1, -0.05) is 46.1 Å². The first-order valence-electron chi connectivity index (χ1n) is 6.34. The number of rotatable bonds is 8. The van der Waals surface area contributed by atoms with Gasteiger partial charge in [0.2, 0.25) is 0 Å². The second-order valence-electron chi connectivity index (χ2n) is 4.83. The van der Waals surface area contributed by atoms with Gasteiger partial charge in [0.25, 0.3) is 8.32 Å². The molecule has 0 radical (unpaired) electrons. The van der Waals surface area contributed by atoms with E-state index in [1.54, 1.807) is 6.92 Å². The monoisotopic (exact) mass is 242 g/mol. The van der Waals surface area contributed by atoms with Crippen molar-refractivity contribution in [2.24, 2.45) is 0 Å². The van der Waals surface area contributed by atoms with Crippen LogP contribution < -0.4 is 0 Å². The molecule has 0 saturated carbocycles. The van der Waals surface area contributed by atoms with E-state index in [-0.39, 0.29) is 5.97 Å². The van der Waals surface area contributed by atoms with E-state index < -0.39 is 8.32 Å². The van der Waals surface area contributed by atoms with Crippen molar-refractivity contribution in [3.8, 4) is 0 Å². The lowest BCUT2D eigenvalue weighted by molar-refractivity contribution is -0.130. The Balaban J connectivity index is 4.38. The average Bonchev–Trinajstić information content (AvgIpc) is 2.23. The van der Waals surface area contributed by atoms with Gasteiger partial charge in [-0.3, -0.25) is 0 Å². The molecule has 0 bridgehead atoms. The van der Waals surface area contributed by atoms with E-state index in [0.717, 1.165) is 24.9 Å². The van der Waals surface area contributed by atoms with E-state index in [0.29, 0.717) is 5.57 Å². The SMILES string of the molecule is C=C(C)C(=O)O[Si](C)(CCCC)CCCC. The van der Waals surface area contributed by atoms with Gasteiger partial charge in [-0.2, -0.15) is 0 Å². The summed E-state index contributed by atoms with van der Waals surface area (Å²) in [4.78, 5) is 11.6. The Kier molecular flexibility index (Phi) is 7.39. The lowest BCUT2D eigenvalue weighted by atomic mass is 10.4. The fourth-order valence-corrected chi connectivity index (χ4v) is 4.92. The molecule has 0 aliphatic heterocycles. The summed E-state index contributed by atoms with van der Waals surface area (Å²) in [6.07, 6.45) is 4.66. The first kappa shape index (κ1) is 15.4. The zero-order valence-electron chi connectivity index (χ0n) is 11.3. The van der Waals surface area contributed by atoms with Gasteiger partial charge in [0.05, 0.1) is 0 Å². The molecule has 0 N–H and O–H groups in total. The number of hydrogen-bond donors (Lipinski definition) is 0. The molecule has 16 heavy (non-hydrogen) atoms. The van der Waals surface area contributed by atoms with E-state index in [1.165, 1.54) is 12.8 Å². The van der Waals surface area contributed by atoms with Crippen molar-refractivity contribution >= 4 is 14.3 Å². The molecule has 94 valence electrons. The molecular weight excluding hydrogens is 216 g/mol. The molecule has 0 aromatic rings. The summed E-state index contributed by atoms with van der Waals surface area (Å²) >= 11 is 0. The highest BCUT2D eigenvalue weighted by Crippen LogP contribution is 2.24. The van der Waals surface area contributed by atoms with Crippen molar-refractivity contribution in [1.82, 2.24) is 0 Å². The predicted octanol–water partition coefficient (Wildman–Crippen LogP) is 4.28. The van der Waals surface area contributed by atoms with E-state index in [9.17, 15) is 4.79 Å². The molecular formula is C13H26O2Si. The first-order valence-corrected chi connectivity index (χ1v) is 9.16. The Hall–Kier alpha value is -0.573. The standard InChI is InChI=1S/C13H26O2Si/c1-6-8-10-16(5,11-9-7-2)15-13(14)12(3)4/h3,6-11H2,1-2,4-5H3. The summed E-state index contributed by atoms with van der Waals surface area (Å²) in [5.41, 5.74) is 0.520. The third-order valence-electron chi connectivity index (χ3n) is 2.81. The average molecular weight is 242 g/mol. The van der Waals surface area contributed by atoms with Crippen LogP contribution in [0.1, 0.15) is 46.5 Å². The van der Waals surface area contributed by atoms with Gasteiger partial charge < -0.3 is 4.43 Å². The van der Waals surface area contributed by atoms with Gasteiger partial charge in [0.15, 0.2) is 0 Å². The lowest BCUT2D eigenvalue weighted by Crippen LogP contribution is -2.37. The molecule has 0 spiro atoms. The smallest absolute Gasteiger partial charge is 0.319 e. The third kappa shape index (κ3) is 6.11. The van der Waals surface area contributed by atoms with Crippen LogP contribution >= 0.6 is 0 Å². The minimum atomic E-state index is -1.83. The molecule has 0 saturated heterocycles. The zero-order chi connectivity index (χ0) is 12.6. The van der Waals surface area contributed by atoms with Gasteiger partial charge in [0.1, 0.15) is 0 Å². The van der Waals surface area contributed by atoms with Crippen LogP contribution in [0.5, 0.6) is 0 Å². The molecule has 0 heterocycles. The van der Waals surface area contributed by atoms with Gasteiger partial charge in [-0.05, 0) is 25.6 Å². The van der Waals surface area contributed by atoms with Crippen molar-refractivity contribution in [3.05, 3.63) is 12.2 Å². The highest BCUT2D eigenvalue weighted by atomic mass is 28.4. The largest absolute Gasteiger partial charge is 0.516 e. The molecule has 0 aliphatic rings. The fourth-order valence-electron chi connectivity index (χ4n) is 1.64. The van der Waals surface area contributed by atoms with Crippen LogP contribution in [-0.4, -0.2) is 14.3 Å². The molecule has 0 atom stereocenters. The molecule has 0 aliphatic carbocycles. The third-order valence-corrected chi connectivity index (χ3v) is 6.31. The van der Waals surface area contributed by atoms with Crippen LogP contribution in [0.3, 0.4) is 0 Å². The zero-order valence-corrected chi connectivity index (χ0v) is 12.3. The second-order valence-corrected chi connectivity index (χ2v) is 8.93. The minimum Gasteiger partial charge on any atom is -0.516 e. The van der Waals surface area contributed by atoms with Crippen LogP contribution in [0.2, 0.25) is 18.6 Å². The summed E-state index contributed by atoms with van der Waals surface area (Å²) in [5, 5.41) is 0. The van der Waals surface area contributed by atoms with Crippen LogP contribution in [0.25, 0.3) is 0 Å². The maximum absolute atomic E-state index is 11.6. The van der Waals surface area contributed by atoms with Crippen LogP contribution in [-0.2, 0) is 9.22 Å². The Labute approximate surface area is 101 Å². The second kappa shape index (κ2) is 7.66. The highest BCUT2D eigenvalue weighted by Gasteiger charge is 2.31. The summed E-state index contributed by atoms with van der Waals surface area (Å²) in [6.45, 7) is 11.9. The first-order chi connectivity index (χ1) is 7.45. The fraction of sp³-hybridized carbons (Fsp3) is 0.769. The summed E-state index contributed by atoms with van der Waals surface area (Å²) < 4.78 is 5.70. The summed E-state index contributed by atoms with van der Waals surface area (Å²) in [5.74, 6) is -0.193. The quantitative estimate of drug-likeness (QED) is 0.469. The molecule has 3 heteroatoms. The van der Waals surface area contributed by atoms with Gasteiger partial charge in [0, 0.05) is 5.57 Å². The minimum absolute atomic E-state index is 0.193. The van der Waals surface area contributed by atoms with Crippen molar-refractivity contribution < 1.29 is 9.22 Å². The summed E-state index contributed by atoms with van der Waals surface area (Å²) in [6, 6.07) is 2.17. The molecule has 2 nitrogen and oxygen atoms in total. The lowest BCUT2D eigenvalue weighted by Gasteiger charge is -2.27. The van der Waals surface area contributed by atoms with Crippen LogP contribution in [0.4, 0.5) is 0 Å². The number of hydrogen-bond acceptors (Lipinski definition) is 2. The van der Waals surface area contributed by atoms with E-state index in [4.69, 9.17) is 4.43 Å². The molecule has 0 aromatic heterocycles. The maximum atomic E-state index is 11.6. The molecule has 0 unspecified atom stereocenters. The van der Waals surface area contributed by atoms with Crippen molar-refractivity contribution in [2.45, 2.75) is 65.1 Å². The van der Waals surface area contributed by atoms with E-state index in [2.05, 4.69) is 27.0 Å². The summed E-state index contributed by atoms with van der Waals surface area (Å²) in [7, 11) is -1.83.